The number of hydrogen-bond donors (Lipinski definition) is 0. The van der Waals surface area contributed by atoms with Crippen molar-refractivity contribution in [3.63, 3.8) is 0 Å². The molecule has 1 nitrogen and oxygen atoms in total. The smallest absolute Gasteiger partial charge is 0.0790 e. The van der Waals surface area contributed by atoms with E-state index < -0.39 is 0 Å². The normalized spacial score (nSPS) is 11.9. The largest absolute Gasteiger partial charge is 0.482 e. The quantitative estimate of drug-likeness (QED) is 0.570. The SMILES string of the molecule is [CH-]=C1c2ccccc2Oc2cccc(C)c21.[Y]. The third kappa shape index (κ3) is 1.98. The summed E-state index contributed by atoms with van der Waals surface area (Å²) in [4.78, 5) is 0. The molecule has 0 spiro atoms. The van der Waals surface area contributed by atoms with E-state index in [2.05, 4.69) is 0 Å². The van der Waals surface area contributed by atoms with Crippen molar-refractivity contribution < 1.29 is 37.4 Å². The molecule has 81 valence electrons. The van der Waals surface area contributed by atoms with Gasteiger partial charge >= 0.3 is 0 Å². The van der Waals surface area contributed by atoms with Crippen LogP contribution >= 0.6 is 0 Å². The molecule has 0 N–H and O–H groups in total. The number of aryl methyl sites for hydroxylation is 1. The molecule has 0 saturated heterocycles. The van der Waals surface area contributed by atoms with Crippen molar-refractivity contribution in [2.45, 2.75) is 6.92 Å². The van der Waals surface area contributed by atoms with Crippen LogP contribution in [-0.2, 0) is 32.7 Å². The Balaban J connectivity index is 0.00000108. The van der Waals surface area contributed by atoms with Gasteiger partial charge in [-0.05, 0) is 12.1 Å². The van der Waals surface area contributed by atoms with E-state index in [1.54, 1.807) is 0 Å². The molecule has 0 bridgehead atoms. The van der Waals surface area contributed by atoms with Crippen LogP contribution in [0, 0.1) is 13.5 Å². The van der Waals surface area contributed by atoms with Crippen LogP contribution in [0.5, 0.6) is 11.5 Å². The van der Waals surface area contributed by atoms with Crippen molar-refractivity contribution in [3.05, 3.63) is 65.7 Å². The fourth-order valence-electron chi connectivity index (χ4n) is 2.10. The van der Waals surface area contributed by atoms with Crippen LogP contribution in [0.2, 0.25) is 0 Å². The van der Waals surface area contributed by atoms with E-state index in [-0.39, 0.29) is 32.7 Å². The molecule has 1 aliphatic rings. The first-order valence-corrected chi connectivity index (χ1v) is 5.27. The average Bonchev–Trinajstić information content (AvgIpc) is 2.29. The number of para-hydroxylation sites is 1. The van der Waals surface area contributed by atoms with Gasteiger partial charge in [-0.1, -0.05) is 47.9 Å². The van der Waals surface area contributed by atoms with E-state index in [9.17, 15) is 0 Å². The summed E-state index contributed by atoms with van der Waals surface area (Å²) in [5.41, 5.74) is 3.94. The molecule has 0 fully saturated rings. The van der Waals surface area contributed by atoms with Crippen LogP contribution in [0.25, 0.3) is 5.57 Å². The second-order valence-corrected chi connectivity index (χ2v) is 3.96. The minimum absolute atomic E-state index is 0. The number of rotatable bonds is 0. The molecule has 2 aromatic rings. The van der Waals surface area contributed by atoms with Gasteiger partial charge in [0.2, 0.25) is 0 Å². The monoisotopic (exact) mass is 296 g/mol. The standard InChI is InChI=1S/C15H11O.Y/c1-10-6-5-9-14-15(10)11(2)12-7-3-4-8-13(12)16-14;/h2-9H,1H3;/q-1;. The van der Waals surface area contributed by atoms with Crippen molar-refractivity contribution in [1.29, 1.82) is 0 Å². The fraction of sp³-hybridized carbons (Fsp3) is 0.0667. The molecule has 1 radical (unpaired) electrons. The van der Waals surface area contributed by atoms with Gasteiger partial charge in [-0.2, -0.15) is 5.57 Å². The topological polar surface area (TPSA) is 9.23 Å². The van der Waals surface area contributed by atoms with Crippen LogP contribution in [-0.4, -0.2) is 0 Å². The minimum Gasteiger partial charge on any atom is -0.482 e. The maximum Gasteiger partial charge on any atom is 0.0790 e. The van der Waals surface area contributed by atoms with Crippen molar-refractivity contribution in [1.82, 2.24) is 0 Å². The number of ether oxygens (including phenoxy) is 1. The Morgan fingerprint density at radius 3 is 2.47 bits per heavy atom. The maximum atomic E-state index is 6.20. The molecule has 0 amide bonds. The van der Waals surface area contributed by atoms with Gasteiger partial charge in [-0.3, -0.25) is 0 Å². The molecule has 1 aliphatic heterocycles. The number of fused-ring (bicyclic) bond motifs is 2. The Bertz CT molecular complexity index is 587. The number of benzene rings is 2. The van der Waals surface area contributed by atoms with Gasteiger partial charge in [0.25, 0.3) is 0 Å². The predicted octanol–water partition coefficient (Wildman–Crippen LogP) is 3.96. The van der Waals surface area contributed by atoms with Crippen molar-refractivity contribution >= 4 is 5.57 Å². The van der Waals surface area contributed by atoms with E-state index >= 15 is 0 Å². The van der Waals surface area contributed by atoms with E-state index in [0.717, 1.165) is 33.8 Å². The molecule has 0 unspecified atom stereocenters. The summed E-state index contributed by atoms with van der Waals surface area (Å²) >= 11 is 0. The Labute approximate surface area is 126 Å². The van der Waals surface area contributed by atoms with E-state index in [0.29, 0.717) is 0 Å². The summed E-state index contributed by atoms with van der Waals surface area (Å²) < 4.78 is 5.83. The van der Waals surface area contributed by atoms with Gasteiger partial charge in [-0.25, -0.2) is 6.58 Å². The van der Waals surface area contributed by atoms with Crippen LogP contribution in [0.1, 0.15) is 16.7 Å². The fourth-order valence-corrected chi connectivity index (χ4v) is 2.10. The molecule has 0 aromatic heterocycles. The van der Waals surface area contributed by atoms with Gasteiger partial charge in [0, 0.05) is 32.7 Å². The zero-order valence-corrected chi connectivity index (χ0v) is 12.4. The summed E-state index contributed by atoms with van der Waals surface area (Å²) in [7, 11) is 0. The third-order valence-electron chi connectivity index (χ3n) is 2.90. The summed E-state index contributed by atoms with van der Waals surface area (Å²) in [6, 6.07) is 13.8. The minimum atomic E-state index is 0. The van der Waals surface area contributed by atoms with Gasteiger partial charge in [0.1, 0.15) is 0 Å². The Hall–Kier alpha value is -0.916. The molecular weight excluding hydrogens is 285 g/mol. The first-order valence-electron chi connectivity index (χ1n) is 5.27. The molecule has 3 rings (SSSR count). The molecule has 0 saturated carbocycles. The molecular formula is C15H11OY-. The van der Waals surface area contributed by atoms with Gasteiger partial charge in [-0.15, -0.1) is 6.07 Å². The summed E-state index contributed by atoms with van der Waals surface area (Å²) in [6.45, 7) is 8.24. The Morgan fingerprint density at radius 1 is 0.941 bits per heavy atom. The second-order valence-electron chi connectivity index (χ2n) is 3.96. The zero-order chi connectivity index (χ0) is 11.1. The summed E-state index contributed by atoms with van der Waals surface area (Å²) in [5.74, 6) is 1.68. The predicted molar refractivity (Wildman–Crippen MR) is 64.5 cm³/mol. The molecule has 17 heavy (non-hydrogen) atoms. The molecule has 0 aliphatic carbocycles. The van der Waals surface area contributed by atoms with E-state index in [4.69, 9.17) is 11.3 Å². The van der Waals surface area contributed by atoms with Crippen LogP contribution in [0.4, 0.5) is 0 Å². The van der Waals surface area contributed by atoms with Crippen LogP contribution in [0.15, 0.2) is 42.5 Å². The Kier molecular flexibility index (Phi) is 3.51. The third-order valence-corrected chi connectivity index (χ3v) is 2.90. The maximum absolute atomic E-state index is 6.20. The molecule has 2 heteroatoms. The van der Waals surface area contributed by atoms with Gasteiger partial charge in [0.05, 0.1) is 11.5 Å². The summed E-state index contributed by atoms with van der Waals surface area (Å²) in [5, 5.41) is 0. The van der Waals surface area contributed by atoms with Crippen molar-refractivity contribution in [3.8, 4) is 11.5 Å². The van der Waals surface area contributed by atoms with Crippen LogP contribution in [0.3, 0.4) is 0 Å². The zero-order valence-electron chi connectivity index (χ0n) is 9.60. The van der Waals surface area contributed by atoms with E-state index in [1.165, 1.54) is 0 Å². The second kappa shape index (κ2) is 4.76. The molecule has 1 heterocycles. The Morgan fingerprint density at radius 2 is 1.65 bits per heavy atom. The van der Waals surface area contributed by atoms with Gasteiger partial charge in [0.15, 0.2) is 0 Å². The number of hydrogen-bond acceptors (Lipinski definition) is 1. The first-order chi connectivity index (χ1) is 7.77. The average molecular weight is 296 g/mol. The molecule has 2 aromatic carbocycles. The van der Waals surface area contributed by atoms with Crippen molar-refractivity contribution in [2.24, 2.45) is 0 Å². The van der Waals surface area contributed by atoms with E-state index in [1.807, 2.05) is 49.4 Å². The van der Waals surface area contributed by atoms with Crippen molar-refractivity contribution in [2.75, 3.05) is 0 Å². The van der Waals surface area contributed by atoms with Crippen LogP contribution < -0.4 is 4.74 Å². The summed E-state index contributed by atoms with van der Waals surface area (Å²) in [6.07, 6.45) is 0. The first kappa shape index (κ1) is 12.5. The molecule has 0 atom stereocenters. The van der Waals surface area contributed by atoms with Gasteiger partial charge < -0.3 is 4.74 Å².